The van der Waals surface area contributed by atoms with E-state index in [2.05, 4.69) is 31.4 Å². The lowest BCUT2D eigenvalue weighted by atomic mass is 9.55. The molecule has 186 valence electrons. The van der Waals surface area contributed by atoms with Crippen molar-refractivity contribution in [2.45, 2.75) is 117 Å². The molecule has 9 atom stereocenters. The molecule has 0 aromatic heterocycles. The predicted octanol–water partition coefficient (Wildman–Crippen LogP) is 5.62. The molecule has 2 saturated carbocycles. The van der Waals surface area contributed by atoms with Gasteiger partial charge in [-0.1, -0.05) is 38.8 Å². The molecule has 2 N–H and O–H groups in total. The van der Waals surface area contributed by atoms with Crippen LogP contribution in [0.2, 0.25) is 0 Å². The van der Waals surface area contributed by atoms with Gasteiger partial charge in [0, 0.05) is 24.9 Å². The summed E-state index contributed by atoms with van der Waals surface area (Å²) in [5.41, 5.74) is 3.85. The minimum Gasteiger partial charge on any atom is -0.369 e. The number of rotatable bonds is 0. The van der Waals surface area contributed by atoms with Gasteiger partial charge >= 0.3 is 0 Å². The summed E-state index contributed by atoms with van der Waals surface area (Å²) in [5, 5.41) is 7.02. The summed E-state index contributed by atoms with van der Waals surface area (Å²) >= 11 is 0. The standard InChI is InChI=1S/C27H42N2O2.C2H6/c1-16-14-27(17(2)25-23(31-27)5-4-12-28-25)11-8-19-20-7-6-18-15-29-24(30)9-10-26(18,3)22(20)13-21(16)19;1-2/h17-20,22-23,25,28H,4-15H2,1-3H3,(H,29,30);1-2H3/t17?,18?,19?,20?,22?,23?,25?,26?,27-;/m0./s1. The Labute approximate surface area is 202 Å². The monoisotopic (exact) mass is 456 g/mol. The van der Waals surface area contributed by atoms with Gasteiger partial charge in [0.1, 0.15) is 0 Å². The predicted molar refractivity (Wildman–Crippen MR) is 134 cm³/mol. The van der Waals surface area contributed by atoms with Gasteiger partial charge in [0.2, 0.25) is 5.91 Å². The minimum absolute atomic E-state index is 0.0589. The van der Waals surface area contributed by atoms with Crippen LogP contribution in [0.1, 0.15) is 98.8 Å². The van der Waals surface area contributed by atoms with Crippen LogP contribution in [0.4, 0.5) is 0 Å². The zero-order chi connectivity index (χ0) is 23.4. The molecule has 6 rings (SSSR count). The van der Waals surface area contributed by atoms with Crippen LogP contribution in [0.3, 0.4) is 0 Å². The maximum Gasteiger partial charge on any atom is 0.220 e. The fraction of sp³-hybridized carbons (Fsp3) is 0.897. The third-order valence-electron chi connectivity index (χ3n) is 11.2. The number of allylic oxidation sites excluding steroid dienone is 1. The number of amides is 1. The maximum atomic E-state index is 12.2. The van der Waals surface area contributed by atoms with Crippen molar-refractivity contribution in [1.82, 2.24) is 10.6 Å². The first-order valence-electron chi connectivity index (χ1n) is 14.3. The normalized spacial score (nSPS) is 49.0. The smallest absolute Gasteiger partial charge is 0.220 e. The lowest BCUT2D eigenvalue weighted by molar-refractivity contribution is -0.121. The first-order chi connectivity index (χ1) is 15.9. The van der Waals surface area contributed by atoms with Gasteiger partial charge in [-0.05, 0) is 100 Å². The van der Waals surface area contributed by atoms with Crippen molar-refractivity contribution in [3.63, 3.8) is 0 Å². The first-order valence-corrected chi connectivity index (χ1v) is 14.3. The summed E-state index contributed by atoms with van der Waals surface area (Å²) in [4.78, 5) is 12.2. The van der Waals surface area contributed by atoms with Gasteiger partial charge in [0.15, 0.2) is 0 Å². The number of carbonyl (C=O) groups excluding carboxylic acids is 1. The Bertz CT molecular complexity index is 792. The van der Waals surface area contributed by atoms with Crippen LogP contribution in [0.5, 0.6) is 0 Å². The Balaban J connectivity index is 0.00000111. The van der Waals surface area contributed by atoms with Crippen molar-refractivity contribution in [2.75, 3.05) is 13.1 Å². The van der Waals surface area contributed by atoms with Crippen molar-refractivity contribution in [3.8, 4) is 0 Å². The van der Waals surface area contributed by atoms with Crippen LogP contribution in [-0.4, -0.2) is 36.7 Å². The Kier molecular flexibility index (Phi) is 6.48. The highest BCUT2D eigenvalue weighted by molar-refractivity contribution is 5.76. The molecule has 3 saturated heterocycles. The summed E-state index contributed by atoms with van der Waals surface area (Å²) in [5.74, 6) is 3.91. The summed E-state index contributed by atoms with van der Waals surface area (Å²) in [6.07, 6.45) is 12.4. The molecule has 1 amide bonds. The summed E-state index contributed by atoms with van der Waals surface area (Å²) in [6.45, 7) is 13.5. The number of hydrogen-bond acceptors (Lipinski definition) is 3. The number of piperidine rings is 1. The third-order valence-corrected chi connectivity index (χ3v) is 11.2. The Morgan fingerprint density at radius 3 is 2.70 bits per heavy atom. The van der Waals surface area contributed by atoms with Crippen LogP contribution in [0.25, 0.3) is 0 Å². The zero-order valence-electron chi connectivity index (χ0n) is 21.8. The van der Waals surface area contributed by atoms with Crippen molar-refractivity contribution >= 4 is 5.91 Å². The third kappa shape index (κ3) is 3.73. The van der Waals surface area contributed by atoms with E-state index in [0.717, 1.165) is 50.1 Å². The van der Waals surface area contributed by atoms with Crippen molar-refractivity contribution in [3.05, 3.63) is 11.1 Å². The van der Waals surface area contributed by atoms with E-state index in [1.807, 2.05) is 13.8 Å². The van der Waals surface area contributed by atoms with Crippen molar-refractivity contribution in [1.29, 1.82) is 0 Å². The van der Waals surface area contributed by atoms with E-state index in [-0.39, 0.29) is 11.5 Å². The van der Waals surface area contributed by atoms with E-state index in [1.54, 1.807) is 11.1 Å². The van der Waals surface area contributed by atoms with Crippen LogP contribution < -0.4 is 10.6 Å². The van der Waals surface area contributed by atoms with Gasteiger partial charge in [0.05, 0.1) is 11.7 Å². The quantitative estimate of drug-likeness (QED) is 0.465. The van der Waals surface area contributed by atoms with E-state index in [4.69, 9.17) is 4.74 Å². The van der Waals surface area contributed by atoms with Gasteiger partial charge in [-0.3, -0.25) is 4.79 Å². The number of hydrogen-bond donors (Lipinski definition) is 2. The molecule has 1 spiro atoms. The Morgan fingerprint density at radius 2 is 1.91 bits per heavy atom. The summed E-state index contributed by atoms with van der Waals surface area (Å²) < 4.78 is 6.95. The number of fused-ring (bicyclic) bond motifs is 6. The fourth-order valence-electron chi connectivity index (χ4n) is 9.33. The summed E-state index contributed by atoms with van der Waals surface area (Å²) in [6, 6.07) is 0.558. The molecule has 0 radical (unpaired) electrons. The molecule has 5 fully saturated rings. The molecule has 3 aliphatic heterocycles. The zero-order valence-corrected chi connectivity index (χ0v) is 21.8. The second kappa shape index (κ2) is 8.97. The van der Waals surface area contributed by atoms with E-state index in [0.29, 0.717) is 29.4 Å². The lowest BCUT2D eigenvalue weighted by Gasteiger charge is -2.49. The molecule has 33 heavy (non-hydrogen) atoms. The van der Waals surface area contributed by atoms with E-state index in [1.165, 1.54) is 44.9 Å². The highest BCUT2D eigenvalue weighted by Gasteiger charge is 2.58. The summed E-state index contributed by atoms with van der Waals surface area (Å²) in [7, 11) is 0. The molecular weight excluding hydrogens is 408 g/mol. The first kappa shape index (κ1) is 23.9. The lowest BCUT2D eigenvalue weighted by Crippen LogP contribution is -2.46. The number of ether oxygens (including phenoxy) is 1. The molecule has 3 aliphatic carbocycles. The SMILES string of the molecule is CC.CC1=C2CC3C(CCC4CNC(=O)CCC43C)C2CC[C@@]2(C1)OC1CCCNC1C2C. The average molecular weight is 457 g/mol. The van der Waals surface area contributed by atoms with Gasteiger partial charge in [-0.25, -0.2) is 0 Å². The second-order valence-corrected chi connectivity index (χ2v) is 12.3. The van der Waals surface area contributed by atoms with Crippen molar-refractivity contribution < 1.29 is 9.53 Å². The van der Waals surface area contributed by atoms with Crippen LogP contribution in [-0.2, 0) is 9.53 Å². The molecule has 0 bridgehead atoms. The van der Waals surface area contributed by atoms with E-state index >= 15 is 0 Å². The van der Waals surface area contributed by atoms with Gasteiger partial charge < -0.3 is 15.4 Å². The average Bonchev–Trinajstić information content (AvgIpc) is 3.23. The topological polar surface area (TPSA) is 50.4 Å². The maximum absolute atomic E-state index is 12.2. The molecule has 0 aromatic carbocycles. The van der Waals surface area contributed by atoms with Crippen molar-refractivity contribution in [2.24, 2.45) is 35.0 Å². The van der Waals surface area contributed by atoms with Crippen LogP contribution in [0, 0.1) is 35.0 Å². The fourth-order valence-corrected chi connectivity index (χ4v) is 9.33. The number of carbonyl (C=O) groups is 1. The Hall–Kier alpha value is -0.870. The highest BCUT2D eigenvalue weighted by Crippen LogP contribution is 2.63. The van der Waals surface area contributed by atoms with Crippen LogP contribution in [0.15, 0.2) is 11.1 Å². The van der Waals surface area contributed by atoms with Gasteiger partial charge in [-0.15, -0.1) is 0 Å². The highest BCUT2D eigenvalue weighted by atomic mass is 16.5. The van der Waals surface area contributed by atoms with E-state index < -0.39 is 0 Å². The van der Waals surface area contributed by atoms with Gasteiger partial charge in [-0.2, -0.15) is 0 Å². The molecular formula is C29H48N2O2. The van der Waals surface area contributed by atoms with Gasteiger partial charge in [0.25, 0.3) is 0 Å². The Morgan fingerprint density at radius 1 is 1.09 bits per heavy atom. The largest absolute Gasteiger partial charge is 0.369 e. The molecule has 3 heterocycles. The molecule has 4 heteroatoms. The molecule has 8 unspecified atom stereocenters. The molecule has 4 nitrogen and oxygen atoms in total. The second-order valence-electron chi connectivity index (χ2n) is 12.3. The minimum atomic E-state index is 0.0589. The number of nitrogens with one attached hydrogen (secondary N) is 2. The molecule has 0 aromatic rings. The van der Waals surface area contributed by atoms with Crippen LogP contribution >= 0.6 is 0 Å². The molecule has 6 aliphatic rings. The van der Waals surface area contributed by atoms with E-state index in [9.17, 15) is 4.79 Å².